The first-order valence-corrected chi connectivity index (χ1v) is 7.83. The second-order valence-corrected chi connectivity index (χ2v) is 6.24. The highest BCUT2D eigenvalue weighted by molar-refractivity contribution is 5.88. The van der Waals surface area contributed by atoms with Gasteiger partial charge in [-0.2, -0.15) is 0 Å². The number of hydrogen-bond acceptors (Lipinski definition) is 3. The molecule has 1 amide bonds. The molecule has 0 fully saturated rings. The fourth-order valence-corrected chi connectivity index (χ4v) is 2.48. The monoisotopic (exact) mass is 303 g/mol. The third-order valence-electron chi connectivity index (χ3n) is 3.80. The molecule has 22 heavy (non-hydrogen) atoms. The molecule has 2 rings (SSSR count). The van der Waals surface area contributed by atoms with Crippen LogP contribution in [0.3, 0.4) is 0 Å². The van der Waals surface area contributed by atoms with Gasteiger partial charge in [-0.05, 0) is 43.9 Å². The minimum Gasteiger partial charge on any atom is -0.497 e. The lowest BCUT2D eigenvalue weighted by Gasteiger charge is -2.14. The number of furan rings is 1. The van der Waals surface area contributed by atoms with Crippen LogP contribution in [0.15, 0.2) is 28.9 Å². The summed E-state index contributed by atoms with van der Waals surface area (Å²) in [5, 5.41) is 3.99. The van der Waals surface area contributed by atoms with E-state index in [-0.39, 0.29) is 11.9 Å². The van der Waals surface area contributed by atoms with Gasteiger partial charge in [0.15, 0.2) is 0 Å². The summed E-state index contributed by atoms with van der Waals surface area (Å²) in [7, 11) is 1.63. The number of nitrogens with one attached hydrogen (secondary N) is 1. The van der Waals surface area contributed by atoms with E-state index < -0.39 is 0 Å². The largest absolute Gasteiger partial charge is 0.497 e. The molecule has 1 aromatic heterocycles. The molecular weight excluding hydrogens is 278 g/mol. The molecule has 0 saturated heterocycles. The van der Waals surface area contributed by atoms with Crippen molar-refractivity contribution in [1.82, 2.24) is 5.32 Å². The molecule has 1 N–H and O–H groups in total. The van der Waals surface area contributed by atoms with Gasteiger partial charge in [-0.15, -0.1) is 0 Å². The molecule has 2 aromatic rings. The molecule has 120 valence electrons. The van der Waals surface area contributed by atoms with Crippen LogP contribution in [0.4, 0.5) is 0 Å². The molecule has 1 heterocycles. The van der Waals surface area contributed by atoms with Crippen molar-refractivity contribution in [2.45, 2.75) is 46.1 Å². The number of fused-ring (bicyclic) bond motifs is 1. The molecule has 0 radical (unpaired) electrons. The van der Waals surface area contributed by atoms with Crippen molar-refractivity contribution in [2.24, 2.45) is 5.92 Å². The van der Waals surface area contributed by atoms with Gasteiger partial charge in [0.1, 0.15) is 11.3 Å². The van der Waals surface area contributed by atoms with E-state index in [1.54, 1.807) is 13.4 Å². The molecule has 0 aliphatic heterocycles. The summed E-state index contributed by atoms with van der Waals surface area (Å²) >= 11 is 0. The molecule has 1 unspecified atom stereocenters. The van der Waals surface area contributed by atoms with Crippen molar-refractivity contribution in [3.05, 3.63) is 30.0 Å². The number of benzene rings is 1. The van der Waals surface area contributed by atoms with Gasteiger partial charge in [-0.25, -0.2) is 0 Å². The predicted molar refractivity (Wildman–Crippen MR) is 88.1 cm³/mol. The van der Waals surface area contributed by atoms with Crippen LogP contribution in [0.2, 0.25) is 0 Å². The molecular formula is C18H25NO3. The van der Waals surface area contributed by atoms with Crippen LogP contribution >= 0.6 is 0 Å². The fraction of sp³-hybridized carbons (Fsp3) is 0.500. The number of methoxy groups -OCH3 is 1. The van der Waals surface area contributed by atoms with Gasteiger partial charge >= 0.3 is 0 Å². The van der Waals surface area contributed by atoms with Gasteiger partial charge in [-0.3, -0.25) is 4.79 Å². The van der Waals surface area contributed by atoms with E-state index in [9.17, 15) is 4.79 Å². The van der Waals surface area contributed by atoms with E-state index in [1.165, 1.54) is 0 Å². The smallest absolute Gasteiger partial charge is 0.224 e. The average Bonchev–Trinajstić information content (AvgIpc) is 2.87. The number of carbonyl (C=O) groups excluding carboxylic acids is 1. The summed E-state index contributed by atoms with van der Waals surface area (Å²) in [6.07, 6.45) is 4.10. The summed E-state index contributed by atoms with van der Waals surface area (Å²) in [5.74, 6) is 1.45. The van der Waals surface area contributed by atoms with Gasteiger partial charge in [0, 0.05) is 17.0 Å². The molecule has 0 spiro atoms. The van der Waals surface area contributed by atoms with Crippen LogP contribution in [0, 0.1) is 5.92 Å². The number of hydrogen-bond donors (Lipinski definition) is 1. The van der Waals surface area contributed by atoms with E-state index >= 15 is 0 Å². The predicted octanol–water partition coefficient (Wildman–Crippen LogP) is 3.92. The maximum Gasteiger partial charge on any atom is 0.224 e. The average molecular weight is 303 g/mol. The van der Waals surface area contributed by atoms with E-state index in [4.69, 9.17) is 9.15 Å². The lowest BCUT2D eigenvalue weighted by molar-refractivity contribution is -0.121. The number of amides is 1. The van der Waals surface area contributed by atoms with Crippen LogP contribution in [-0.4, -0.2) is 19.1 Å². The Bertz CT molecular complexity index is 630. The molecule has 1 atom stereocenters. The third kappa shape index (κ3) is 4.26. The highest BCUT2D eigenvalue weighted by Crippen LogP contribution is 2.26. The Kier molecular flexibility index (Phi) is 5.47. The molecule has 4 heteroatoms. The number of ether oxygens (including phenoxy) is 1. The van der Waals surface area contributed by atoms with E-state index in [2.05, 4.69) is 26.1 Å². The van der Waals surface area contributed by atoms with Crippen molar-refractivity contribution < 1.29 is 13.9 Å². The quantitative estimate of drug-likeness (QED) is 0.843. The SMILES string of the molecule is COc1ccc2occ(CC(=O)NC(C)CCC(C)C)c2c1. The number of rotatable bonds is 7. The highest BCUT2D eigenvalue weighted by atomic mass is 16.5. The maximum atomic E-state index is 12.2. The Morgan fingerprint density at radius 1 is 1.27 bits per heavy atom. The lowest BCUT2D eigenvalue weighted by Crippen LogP contribution is -2.33. The van der Waals surface area contributed by atoms with Crippen LogP contribution in [0.25, 0.3) is 11.0 Å². The Hall–Kier alpha value is -1.97. The second-order valence-electron chi connectivity index (χ2n) is 6.24. The minimum absolute atomic E-state index is 0.0294. The summed E-state index contributed by atoms with van der Waals surface area (Å²) < 4.78 is 10.7. The van der Waals surface area contributed by atoms with Crippen LogP contribution < -0.4 is 10.1 Å². The third-order valence-corrected chi connectivity index (χ3v) is 3.80. The summed E-state index contributed by atoms with van der Waals surface area (Å²) in [5.41, 5.74) is 1.67. The second kappa shape index (κ2) is 7.34. The first-order chi connectivity index (χ1) is 10.5. The molecule has 0 bridgehead atoms. The molecule has 1 aromatic carbocycles. The van der Waals surface area contributed by atoms with Crippen LogP contribution in [0.5, 0.6) is 5.75 Å². The standard InChI is InChI=1S/C18H25NO3/c1-12(2)5-6-13(3)19-18(20)9-14-11-22-17-8-7-15(21-4)10-16(14)17/h7-8,10-13H,5-6,9H2,1-4H3,(H,19,20). The zero-order chi connectivity index (χ0) is 16.1. The van der Waals surface area contributed by atoms with Crippen LogP contribution in [-0.2, 0) is 11.2 Å². The van der Waals surface area contributed by atoms with Crippen molar-refractivity contribution in [2.75, 3.05) is 7.11 Å². The molecule has 4 nitrogen and oxygen atoms in total. The number of carbonyl (C=O) groups is 1. The zero-order valence-electron chi connectivity index (χ0n) is 13.8. The molecule has 0 aliphatic rings. The van der Waals surface area contributed by atoms with Crippen molar-refractivity contribution in [3.63, 3.8) is 0 Å². The molecule has 0 saturated carbocycles. The Morgan fingerprint density at radius 2 is 2.05 bits per heavy atom. The zero-order valence-corrected chi connectivity index (χ0v) is 13.8. The lowest BCUT2D eigenvalue weighted by atomic mass is 10.0. The van der Waals surface area contributed by atoms with E-state index in [0.717, 1.165) is 35.1 Å². The Labute approximate surface area is 131 Å². The van der Waals surface area contributed by atoms with Crippen molar-refractivity contribution in [3.8, 4) is 5.75 Å². The first-order valence-electron chi connectivity index (χ1n) is 7.83. The van der Waals surface area contributed by atoms with Gasteiger partial charge in [0.05, 0.1) is 19.8 Å². The van der Waals surface area contributed by atoms with Crippen molar-refractivity contribution in [1.29, 1.82) is 0 Å². The first kappa shape index (κ1) is 16.4. The van der Waals surface area contributed by atoms with E-state index in [0.29, 0.717) is 12.3 Å². The topological polar surface area (TPSA) is 51.5 Å². The molecule has 0 aliphatic carbocycles. The summed E-state index contributed by atoms with van der Waals surface area (Å²) in [6.45, 7) is 6.44. The van der Waals surface area contributed by atoms with Crippen molar-refractivity contribution >= 4 is 16.9 Å². The minimum atomic E-state index is 0.0294. The van der Waals surface area contributed by atoms with E-state index in [1.807, 2.05) is 18.2 Å². The normalized spacial score (nSPS) is 12.6. The maximum absolute atomic E-state index is 12.2. The van der Waals surface area contributed by atoms with Gasteiger partial charge in [0.2, 0.25) is 5.91 Å². The summed E-state index contributed by atoms with van der Waals surface area (Å²) in [4.78, 5) is 12.2. The summed E-state index contributed by atoms with van der Waals surface area (Å²) in [6, 6.07) is 5.82. The van der Waals surface area contributed by atoms with Gasteiger partial charge in [-0.1, -0.05) is 13.8 Å². The Balaban J connectivity index is 1.99. The van der Waals surface area contributed by atoms with Gasteiger partial charge < -0.3 is 14.5 Å². The fourth-order valence-electron chi connectivity index (χ4n) is 2.48. The van der Waals surface area contributed by atoms with Crippen LogP contribution in [0.1, 0.15) is 39.2 Å². The van der Waals surface area contributed by atoms with Gasteiger partial charge in [0.25, 0.3) is 0 Å². The Morgan fingerprint density at radius 3 is 2.73 bits per heavy atom. The highest BCUT2D eigenvalue weighted by Gasteiger charge is 2.13.